The van der Waals surface area contributed by atoms with Crippen molar-refractivity contribution < 1.29 is 13.2 Å². The third kappa shape index (κ3) is 3.52. The molecule has 0 aliphatic carbocycles. The first-order valence-corrected chi connectivity index (χ1v) is 8.33. The van der Waals surface area contributed by atoms with Crippen LogP contribution in [0.15, 0.2) is 35.5 Å². The SMILES string of the molecule is Cc1ccc(OCCc2nccn2C)c(S(=O)(=O)Cl)c1. The van der Waals surface area contributed by atoms with E-state index in [0.717, 1.165) is 11.4 Å². The lowest BCUT2D eigenvalue weighted by atomic mass is 10.2. The van der Waals surface area contributed by atoms with Gasteiger partial charge in [0.2, 0.25) is 0 Å². The van der Waals surface area contributed by atoms with Crippen molar-refractivity contribution in [3.63, 3.8) is 0 Å². The maximum absolute atomic E-state index is 11.5. The Kier molecular flexibility index (Phi) is 4.35. The molecule has 0 radical (unpaired) electrons. The smallest absolute Gasteiger partial charge is 0.264 e. The number of ether oxygens (including phenoxy) is 1. The zero-order valence-corrected chi connectivity index (χ0v) is 12.8. The third-order valence-electron chi connectivity index (χ3n) is 2.87. The third-order valence-corrected chi connectivity index (χ3v) is 4.21. The van der Waals surface area contributed by atoms with Gasteiger partial charge in [-0.15, -0.1) is 0 Å². The van der Waals surface area contributed by atoms with Gasteiger partial charge in [-0.05, 0) is 24.6 Å². The van der Waals surface area contributed by atoms with Crippen LogP contribution in [0.2, 0.25) is 0 Å². The van der Waals surface area contributed by atoms with Crippen molar-refractivity contribution >= 4 is 19.7 Å². The highest BCUT2D eigenvalue weighted by Crippen LogP contribution is 2.28. The van der Waals surface area contributed by atoms with E-state index in [-0.39, 0.29) is 10.6 Å². The van der Waals surface area contributed by atoms with Crippen molar-refractivity contribution in [2.24, 2.45) is 7.05 Å². The molecule has 0 atom stereocenters. The van der Waals surface area contributed by atoms with E-state index >= 15 is 0 Å². The van der Waals surface area contributed by atoms with Crippen LogP contribution in [-0.4, -0.2) is 24.6 Å². The van der Waals surface area contributed by atoms with Gasteiger partial charge >= 0.3 is 0 Å². The molecule has 0 amide bonds. The van der Waals surface area contributed by atoms with E-state index in [1.165, 1.54) is 6.07 Å². The van der Waals surface area contributed by atoms with Gasteiger partial charge in [0.05, 0.1) is 6.61 Å². The largest absolute Gasteiger partial charge is 0.492 e. The summed E-state index contributed by atoms with van der Waals surface area (Å²) in [6, 6.07) is 4.89. The standard InChI is InChI=1S/C13H15ClN2O3S/c1-10-3-4-11(12(9-10)20(14,17)18)19-8-5-13-15-6-7-16(13)2/h3-4,6-7,9H,5,8H2,1-2H3. The van der Waals surface area contributed by atoms with Gasteiger partial charge in [-0.2, -0.15) is 0 Å². The summed E-state index contributed by atoms with van der Waals surface area (Å²) in [4.78, 5) is 4.17. The Balaban J connectivity index is 2.12. The maximum Gasteiger partial charge on any atom is 0.264 e. The van der Waals surface area contributed by atoms with Crippen molar-refractivity contribution in [1.82, 2.24) is 9.55 Å². The molecular weight excluding hydrogens is 300 g/mol. The number of rotatable bonds is 5. The van der Waals surface area contributed by atoms with E-state index in [2.05, 4.69) is 4.98 Å². The Morgan fingerprint density at radius 2 is 2.15 bits per heavy atom. The summed E-state index contributed by atoms with van der Waals surface area (Å²) in [5, 5.41) is 0. The fourth-order valence-electron chi connectivity index (χ4n) is 1.81. The number of imidazole rings is 1. The second kappa shape index (κ2) is 5.85. The van der Waals surface area contributed by atoms with Crippen molar-refractivity contribution in [3.8, 4) is 5.75 Å². The zero-order chi connectivity index (χ0) is 14.8. The molecule has 0 aliphatic rings. The molecule has 0 saturated carbocycles. The Morgan fingerprint density at radius 1 is 1.40 bits per heavy atom. The fraction of sp³-hybridized carbons (Fsp3) is 0.308. The first kappa shape index (κ1) is 14.9. The van der Waals surface area contributed by atoms with Gasteiger partial charge in [-0.25, -0.2) is 13.4 Å². The van der Waals surface area contributed by atoms with Crippen LogP contribution in [0.4, 0.5) is 0 Å². The number of hydrogen-bond acceptors (Lipinski definition) is 4. The minimum absolute atomic E-state index is 0.000919. The monoisotopic (exact) mass is 314 g/mol. The summed E-state index contributed by atoms with van der Waals surface area (Å²) in [5.41, 5.74) is 0.806. The van der Waals surface area contributed by atoms with Crippen LogP contribution in [-0.2, 0) is 22.5 Å². The number of aromatic nitrogens is 2. The molecule has 2 aromatic rings. The van der Waals surface area contributed by atoms with Crippen LogP contribution >= 0.6 is 10.7 Å². The summed E-state index contributed by atoms with van der Waals surface area (Å²) in [6.45, 7) is 2.12. The molecular formula is C13H15ClN2O3S. The second-order valence-electron chi connectivity index (χ2n) is 4.44. The molecule has 0 aliphatic heterocycles. The Labute approximate surface area is 122 Å². The van der Waals surface area contributed by atoms with Gasteiger partial charge < -0.3 is 9.30 Å². The average Bonchev–Trinajstić information content (AvgIpc) is 2.76. The van der Waals surface area contributed by atoms with Gasteiger partial charge in [0, 0.05) is 36.5 Å². The predicted molar refractivity (Wildman–Crippen MR) is 76.6 cm³/mol. The summed E-state index contributed by atoms with van der Waals surface area (Å²) in [7, 11) is 3.48. The van der Waals surface area contributed by atoms with E-state index < -0.39 is 9.05 Å². The highest BCUT2D eigenvalue weighted by molar-refractivity contribution is 8.13. The number of aryl methyl sites for hydroxylation is 2. The van der Waals surface area contributed by atoms with E-state index in [0.29, 0.717) is 13.0 Å². The molecule has 1 heterocycles. The van der Waals surface area contributed by atoms with Gasteiger partial charge in [-0.1, -0.05) is 6.07 Å². The Morgan fingerprint density at radius 3 is 2.75 bits per heavy atom. The lowest BCUT2D eigenvalue weighted by Gasteiger charge is -2.10. The van der Waals surface area contributed by atoms with E-state index in [1.807, 2.05) is 17.8 Å². The van der Waals surface area contributed by atoms with E-state index in [4.69, 9.17) is 15.4 Å². The molecule has 7 heteroatoms. The van der Waals surface area contributed by atoms with Crippen molar-refractivity contribution in [2.45, 2.75) is 18.2 Å². The quantitative estimate of drug-likeness (QED) is 0.794. The second-order valence-corrected chi connectivity index (χ2v) is 6.98. The zero-order valence-electron chi connectivity index (χ0n) is 11.2. The summed E-state index contributed by atoms with van der Waals surface area (Å²) in [5.74, 6) is 1.13. The molecule has 0 N–H and O–H groups in total. The normalized spacial score (nSPS) is 11.6. The van der Waals surface area contributed by atoms with Gasteiger partial charge in [0.25, 0.3) is 9.05 Å². The van der Waals surface area contributed by atoms with Gasteiger partial charge in [-0.3, -0.25) is 0 Å². The average molecular weight is 315 g/mol. The number of nitrogens with zero attached hydrogens (tertiary/aromatic N) is 2. The fourth-order valence-corrected chi connectivity index (χ4v) is 2.87. The van der Waals surface area contributed by atoms with Crippen LogP contribution in [0, 0.1) is 6.92 Å². The maximum atomic E-state index is 11.5. The van der Waals surface area contributed by atoms with Gasteiger partial charge in [0.1, 0.15) is 16.5 Å². The van der Waals surface area contributed by atoms with E-state index in [1.54, 1.807) is 25.3 Å². The van der Waals surface area contributed by atoms with Crippen LogP contribution in [0.1, 0.15) is 11.4 Å². The van der Waals surface area contributed by atoms with Crippen LogP contribution in [0.5, 0.6) is 5.75 Å². The molecule has 1 aromatic heterocycles. The predicted octanol–water partition coefficient (Wildman–Crippen LogP) is 2.28. The lowest BCUT2D eigenvalue weighted by molar-refractivity contribution is 0.309. The Bertz CT molecular complexity index is 710. The highest BCUT2D eigenvalue weighted by Gasteiger charge is 2.17. The molecule has 1 aromatic carbocycles. The summed E-state index contributed by atoms with van der Waals surface area (Å²) < 4.78 is 30.5. The van der Waals surface area contributed by atoms with Crippen molar-refractivity contribution in [1.29, 1.82) is 0 Å². The van der Waals surface area contributed by atoms with Crippen LogP contribution in [0.25, 0.3) is 0 Å². The molecule has 0 bridgehead atoms. The summed E-state index contributed by atoms with van der Waals surface area (Å²) in [6.07, 6.45) is 4.13. The molecule has 0 unspecified atom stereocenters. The number of hydrogen-bond donors (Lipinski definition) is 0. The summed E-state index contributed by atoms with van der Waals surface area (Å²) >= 11 is 0. The van der Waals surface area contributed by atoms with E-state index in [9.17, 15) is 8.42 Å². The van der Waals surface area contributed by atoms with Crippen molar-refractivity contribution in [2.75, 3.05) is 6.61 Å². The minimum atomic E-state index is -3.82. The minimum Gasteiger partial charge on any atom is -0.492 e. The molecule has 2 rings (SSSR count). The first-order chi connectivity index (χ1) is 9.38. The van der Waals surface area contributed by atoms with Crippen LogP contribution < -0.4 is 4.74 Å². The number of benzene rings is 1. The molecule has 0 spiro atoms. The molecule has 108 valence electrons. The molecule has 0 saturated heterocycles. The lowest BCUT2D eigenvalue weighted by Crippen LogP contribution is -2.08. The molecule has 20 heavy (non-hydrogen) atoms. The topological polar surface area (TPSA) is 61.2 Å². The molecule has 5 nitrogen and oxygen atoms in total. The van der Waals surface area contributed by atoms with Crippen LogP contribution in [0.3, 0.4) is 0 Å². The van der Waals surface area contributed by atoms with Gasteiger partial charge in [0.15, 0.2) is 0 Å². The van der Waals surface area contributed by atoms with Crippen molar-refractivity contribution in [3.05, 3.63) is 42.0 Å². The highest BCUT2D eigenvalue weighted by atomic mass is 35.7. The molecule has 0 fully saturated rings. The Hall–Kier alpha value is -1.53. The first-order valence-electron chi connectivity index (χ1n) is 6.02. The number of halogens is 1.